The smallest absolute Gasteiger partial charge is 0.475 e. The molecule has 9 nitrogen and oxygen atoms in total. The van der Waals surface area contributed by atoms with Crippen molar-refractivity contribution in [2.45, 2.75) is 51.0 Å². The highest BCUT2D eigenvalue weighted by Crippen LogP contribution is 2.53. The number of halogens is 8. The number of carbonyl (C=O) groups is 1. The first-order chi connectivity index (χ1) is 25.6. The molecule has 0 saturated heterocycles. The molecule has 0 amide bonds. The summed E-state index contributed by atoms with van der Waals surface area (Å²) in [6, 6.07) is 21.2. The molecule has 18 heteroatoms. The number of hydrogen-bond donors (Lipinski definition) is 1. The van der Waals surface area contributed by atoms with E-state index in [0.717, 1.165) is 24.3 Å². The fraction of sp³-hybridized carbons (Fsp3) is 0.250. The van der Waals surface area contributed by atoms with Gasteiger partial charge >= 0.3 is 26.1 Å². The lowest BCUT2D eigenvalue weighted by molar-refractivity contribution is -0.149. The molecule has 5 rings (SSSR count). The lowest BCUT2D eigenvalue weighted by Gasteiger charge is -2.27. The number of benzene rings is 4. The quantitative estimate of drug-likeness (QED) is 0.0677. The molecule has 0 spiro atoms. The number of aliphatic hydroxyl groups is 1. The van der Waals surface area contributed by atoms with Crippen molar-refractivity contribution in [3.8, 4) is 0 Å². The molecule has 1 aliphatic rings. The number of esters is 1. The Bertz CT molecular complexity index is 1940. The third-order valence-electron chi connectivity index (χ3n) is 7.67. The van der Waals surface area contributed by atoms with Gasteiger partial charge in [0, 0.05) is 11.1 Å². The van der Waals surface area contributed by atoms with Crippen molar-refractivity contribution in [2.24, 2.45) is 0 Å². The van der Waals surface area contributed by atoms with E-state index in [1.807, 2.05) is 0 Å². The molecule has 0 radical (unpaired) electrons. The van der Waals surface area contributed by atoms with E-state index in [-0.39, 0.29) is 13.2 Å². The maximum absolute atomic E-state index is 14.4. The topological polar surface area (TPSA) is 110 Å². The fourth-order valence-electron chi connectivity index (χ4n) is 5.20. The highest BCUT2D eigenvalue weighted by Gasteiger charge is 2.47. The van der Waals surface area contributed by atoms with E-state index in [0.29, 0.717) is 23.3 Å². The Morgan fingerprint density at radius 2 is 1.13 bits per heavy atom. The van der Waals surface area contributed by atoms with Gasteiger partial charge in [-0.25, -0.2) is 18.1 Å². The zero-order chi connectivity index (χ0) is 39.1. The number of ether oxygens (including phenoxy) is 3. The van der Waals surface area contributed by atoms with Gasteiger partial charge in [0.15, 0.2) is 11.9 Å². The Hall–Kier alpha value is -4.80. The number of hydrogen-bond acceptors (Lipinski definition) is 9. The van der Waals surface area contributed by atoms with E-state index in [9.17, 15) is 49.6 Å². The van der Waals surface area contributed by atoms with Crippen LogP contribution in [-0.2, 0) is 75.9 Å². The highest BCUT2D eigenvalue weighted by molar-refractivity contribution is 7.48. The zero-order valence-electron chi connectivity index (χ0n) is 27.6. The molecule has 0 fully saturated rings. The largest absolute Gasteiger partial charge is 0.485 e. The van der Waals surface area contributed by atoms with Gasteiger partial charge in [0.2, 0.25) is 5.76 Å². The monoisotopic (exact) mass is 788 g/mol. The fourth-order valence-corrected chi connectivity index (χ4v) is 6.52. The molecule has 0 aliphatic carbocycles. The van der Waals surface area contributed by atoms with E-state index in [4.69, 9.17) is 27.8 Å². The van der Waals surface area contributed by atoms with Crippen LogP contribution in [0.15, 0.2) is 109 Å². The van der Waals surface area contributed by atoms with Crippen molar-refractivity contribution in [3.05, 3.63) is 154 Å². The van der Waals surface area contributed by atoms with Gasteiger partial charge in [-0.3, -0.25) is 13.6 Å². The third-order valence-corrected chi connectivity index (χ3v) is 9.09. The number of phosphoric acid groups is 1. The number of rotatable bonds is 16. The van der Waals surface area contributed by atoms with Crippen molar-refractivity contribution >= 4 is 13.8 Å². The molecule has 0 unspecified atom stereocenters. The van der Waals surface area contributed by atoms with Gasteiger partial charge in [-0.15, -0.1) is 0 Å². The Labute approximate surface area is 302 Å². The highest BCUT2D eigenvalue weighted by atomic mass is 31.2. The van der Waals surface area contributed by atoms with Gasteiger partial charge in [-0.05, 0) is 23.3 Å². The second-order valence-electron chi connectivity index (χ2n) is 11.4. The van der Waals surface area contributed by atoms with Crippen LogP contribution in [0.2, 0.25) is 0 Å². The van der Waals surface area contributed by atoms with Crippen LogP contribution in [0.25, 0.3) is 0 Å². The minimum absolute atomic E-state index is 0.363. The molecule has 54 heavy (non-hydrogen) atoms. The molecule has 4 aromatic rings. The van der Waals surface area contributed by atoms with Crippen molar-refractivity contribution < 1.29 is 77.4 Å². The number of alkyl halides is 6. The Morgan fingerprint density at radius 3 is 1.57 bits per heavy atom. The lowest BCUT2D eigenvalue weighted by atomic mass is 10.1. The summed E-state index contributed by atoms with van der Waals surface area (Å²) in [6.45, 7) is -4.16. The van der Waals surface area contributed by atoms with Crippen LogP contribution in [0.1, 0.15) is 33.4 Å². The second kappa shape index (κ2) is 17.1. The summed E-state index contributed by atoms with van der Waals surface area (Å²) in [5, 5.41) is 10.4. The summed E-state index contributed by atoms with van der Waals surface area (Å²) in [6.07, 6.45) is -14.4. The van der Waals surface area contributed by atoms with Gasteiger partial charge in [0.05, 0.1) is 30.9 Å². The van der Waals surface area contributed by atoms with E-state index in [2.05, 4.69) is 0 Å². The number of cyclic esters (lactones) is 1. The molecule has 288 valence electrons. The Balaban J connectivity index is 1.50. The predicted octanol–water partition coefficient (Wildman–Crippen LogP) is 8.79. The second-order valence-corrected chi connectivity index (χ2v) is 13.1. The average molecular weight is 789 g/mol. The standard InChI is InChI=1S/C36H29F8O9P/c37-26-15-7-13-24(29(26)35(39,40)41)20-48-32-31(52-34(46)33(32)49-21-25-14-8-16-27(38)30(25)36(42,43)44)28(17-45)53-54(47,50-18-22-9-3-1-4-10-22)51-19-23-11-5-2-6-12-23/h1-16,28,31,45H,17-21H2/t28-,31+/m0/s1. The molecule has 0 bridgehead atoms. The molecule has 1 aliphatic heterocycles. The van der Waals surface area contributed by atoms with Crippen molar-refractivity contribution in [3.63, 3.8) is 0 Å². The minimum atomic E-state index is -5.22. The summed E-state index contributed by atoms with van der Waals surface area (Å²) in [4.78, 5) is 13.2. The molecule has 0 saturated carbocycles. The summed E-state index contributed by atoms with van der Waals surface area (Å²) in [7, 11) is -4.78. The van der Waals surface area contributed by atoms with E-state index >= 15 is 0 Å². The SMILES string of the molecule is O=C1O[C@H]([C@H](CO)OP(=O)(OCc2ccccc2)OCc2ccccc2)C(OCc2cccc(F)c2C(F)(F)F)=C1OCc1cccc(F)c1C(F)(F)F. The van der Waals surface area contributed by atoms with E-state index in [1.54, 1.807) is 60.7 Å². The first-order valence-corrected chi connectivity index (χ1v) is 17.2. The van der Waals surface area contributed by atoms with Crippen LogP contribution in [0.3, 0.4) is 0 Å². The third kappa shape index (κ3) is 10.0. The molecular formula is C36H29F8O9P. The van der Waals surface area contributed by atoms with Gasteiger partial charge < -0.3 is 19.3 Å². The van der Waals surface area contributed by atoms with Gasteiger partial charge in [-0.1, -0.05) is 84.9 Å². The maximum atomic E-state index is 14.4. The minimum Gasteiger partial charge on any atom is -0.485 e. The summed E-state index contributed by atoms with van der Waals surface area (Å²) in [5.41, 5.74) is -4.03. The Kier molecular flexibility index (Phi) is 12.8. The summed E-state index contributed by atoms with van der Waals surface area (Å²) < 4.78 is 158. The maximum Gasteiger partial charge on any atom is 0.475 e. The van der Waals surface area contributed by atoms with Crippen LogP contribution < -0.4 is 0 Å². The Morgan fingerprint density at radius 1 is 0.667 bits per heavy atom. The molecule has 1 N–H and O–H groups in total. The zero-order valence-corrected chi connectivity index (χ0v) is 28.5. The molecule has 2 atom stereocenters. The number of phosphoric ester groups is 1. The van der Waals surface area contributed by atoms with Crippen LogP contribution >= 0.6 is 7.82 Å². The number of carbonyl (C=O) groups excluding carboxylic acids is 1. The summed E-state index contributed by atoms with van der Waals surface area (Å²) in [5.74, 6) is -6.67. The molecular weight excluding hydrogens is 759 g/mol. The molecule has 1 heterocycles. The van der Waals surface area contributed by atoms with Crippen molar-refractivity contribution in [1.29, 1.82) is 0 Å². The predicted molar refractivity (Wildman–Crippen MR) is 171 cm³/mol. The van der Waals surface area contributed by atoms with Gasteiger partial charge in [-0.2, -0.15) is 26.3 Å². The van der Waals surface area contributed by atoms with Crippen LogP contribution in [0.4, 0.5) is 35.1 Å². The lowest BCUT2D eigenvalue weighted by Crippen LogP contribution is -2.35. The number of aliphatic hydroxyl groups excluding tert-OH is 1. The summed E-state index contributed by atoms with van der Waals surface area (Å²) >= 11 is 0. The van der Waals surface area contributed by atoms with Crippen molar-refractivity contribution in [2.75, 3.05) is 6.61 Å². The van der Waals surface area contributed by atoms with E-state index < -0.39 is 104 Å². The first kappa shape index (κ1) is 40.4. The average Bonchev–Trinajstić information content (AvgIpc) is 3.44. The molecule has 0 aromatic heterocycles. The van der Waals surface area contributed by atoms with Crippen molar-refractivity contribution in [1.82, 2.24) is 0 Å². The van der Waals surface area contributed by atoms with E-state index in [1.165, 1.54) is 0 Å². The van der Waals surface area contributed by atoms with Gasteiger partial charge in [0.25, 0.3) is 0 Å². The van der Waals surface area contributed by atoms with Gasteiger partial charge in [0.1, 0.15) is 31.0 Å². The normalized spacial score (nSPS) is 15.6. The van der Waals surface area contributed by atoms with Crippen LogP contribution in [0.5, 0.6) is 0 Å². The first-order valence-electron chi connectivity index (χ1n) is 15.8. The van der Waals surface area contributed by atoms with Crippen LogP contribution in [-0.4, -0.2) is 29.9 Å². The van der Waals surface area contributed by atoms with Crippen LogP contribution in [0, 0.1) is 11.6 Å². The molecule has 4 aromatic carbocycles.